The zero-order valence-corrected chi connectivity index (χ0v) is 18.0. The Bertz CT molecular complexity index is 1100. The molecule has 0 saturated carbocycles. The Kier molecular flexibility index (Phi) is 7.00. The molecule has 0 spiro atoms. The number of aromatic nitrogens is 1. The summed E-state index contributed by atoms with van der Waals surface area (Å²) in [6, 6.07) is 18.3. The maximum Gasteiger partial charge on any atom is 0.220 e. The molecule has 0 saturated heterocycles. The van der Waals surface area contributed by atoms with E-state index in [1.165, 1.54) is 0 Å². The molecule has 2 aromatic carbocycles. The monoisotopic (exact) mass is 422 g/mol. The van der Waals surface area contributed by atoms with Crippen LogP contribution in [-0.2, 0) is 21.1 Å². The van der Waals surface area contributed by atoms with E-state index in [4.69, 9.17) is 0 Å². The predicted molar refractivity (Wildman–Crippen MR) is 118 cm³/mol. The van der Waals surface area contributed by atoms with Crippen molar-refractivity contribution in [2.75, 3.05) is 6.54 Å². The van der Waals surface area contributed by atoms with E-state index in [9.17, 15) is 13.2 Å². The average Bonchev–Trinajstić information content (AvgIpc) is 2.75. The maximum atomic E-state index is 13.4. The highest BCUT2D eigenvalue weighted by atomic mass is 32.2. The summed E-state index contributed by atoms with van der Waals surface area (Å²) in [5.41, 5.74) is 3.56. The van der Waals surface area contributed by atoms with Crippen LogP contribution in [0.3, 0.4) is 0 Å². The number of rotatable bonds is 8. The molecule has 0 aliphatic carbocycles. The van der Waals surface area contributed by atoms with Crippen molar-refractivity contribution in [1.82, 2.24) is 10.3 Å². The van der Waals surface area contributed by atoms with Gasteiger partial charge in [-0.2, -0.15) is 0 Å². The van der Waals surface area contributed by atoms with E-state index in [0.29, 0.717) is 18.4 Å². The Balaban J connectivity index is 1.77. The fraction of sp³-hybridized carbons (Fsp3) is 0.250. The van der Waals surface area contributed by atoms with Crippen molar-refractivity contribution >= 4 is 15.7 Å². The summed E-state index contributed by atoms with van der Waals surface area (Å²) < 4.78 is 26.8. The molecule has 3 rings (SSSR count). The van der Waals surface area contributed by atoms with Crippen molar-refractivity contribution in [3.63, 3.8) is 0 Å². The van der Waals surface area contributed by atoms with Crippen LogP contribution in [0.1, 0.15) is 33.9 Å². The van der Waals surface area contributed by atoms with Crippen LogP contribution in [0.4, 0.5) is 0 Å². The molecule has 0 unspecified atom stereocenters. The van der Waals surface area contributed by atoms with E-state index < -0.39 is 15.1 Å². The first-order valence-corrected chi connectivity index (χ1v) is 11.4. The van der Waals surface area contributed by atoms with Gasteiger partial charge in [0.05, 0.1) is 4.90 Å². The number of nitrogens with one attached hydrogen (secondary N) is 1. The number of carbonyl (C=O) groups is 1. The minimum Gasteiger partial charge on any atom is -0.354 e. The van der Waals surface area contributed by atoms with Crippen molar-refractivity contribution in [3.8, 4) is 0 Å². The molecule has 1 N–H and O–H groups in total. The highest BCUT2D eigenvalue weighted by molar-refractivity contribution is 7.91. The molecule has 0 fully saturated rings. The molecule has 1 aromatic heterocycles. The fourth-order valence-corrected chi connectivity index (χ4v) is 4.95. The van der Waals surface area contributed by atoms with Gasteiger partial charge in [0, 0.05) is 25.4 Å². The van der Waals surface area contributed by atoms with Crippen molar-refractivity contribution in [1.29, 1.82) is 0 Å². The third-order valence-corrected chi connectivity index (χ3v) is 7.30. The van der Waals surface area contributed by atoms with Crippen LogP contribution in [0.15, 0.2) is 78.0 Å². The van der Waals surface area contributed by atoms with E-state index in [1.54, 1.807) is 42.7 Å². The van der Waals surface area contributed by atoms with Gasteiger partial charge in [0.15, 0.2) is 9.84 Å². The number of hydrogen-bond donors (Lipinski definition) is 1. The van der Waals surface area contributed by atoms with Gasteiger partial charge in [-0.05, 0) is 60.7 Å². The Morgan fingerprint density at radius 2 is 1.77 bits per heavy atom. The van der Waals surface area contributed by atoms with Crippen molar-refractivity contribution < 1.29 is 13.2 Å². The van der Waals surface area contributed by atoms with Crippen molar-refractivity contribution in [2.45, 2.75) is 36.8 Å². The first-order valence-electron chi connectivity index (χ1n) is 9.89. The number of nitrogens with zero attached hydrogens (tertiary/aromatic N) is 1. The number of amides is 1. The molecule has 3 aromatic rings. The smallest absolute Gasteiger partial charge is 0.220 e. The van der Waals surface area contributed by atoms with Crippen LogP contribution < -0.4 is 5.32 Å². The second kappa shape index (κ2) is 9.67. The Hall–Kier alpha value is -2.99. The van der Waals surface area contributed by atoms with E-state index in [0.717, 1.165) is 16.7 Å². The maximum absolute atomic E-state index is 13.4. The summed E-state index contributed by atoms with van der Waals surface area (Å²) in [7, 11) is -3.71. The topological polar surface area (TPSA) is 76.1 Å². The van der Waals surface area contributed by atoms with Gasteiger partial charge in [0.25, 0.3) is 0 Å². The summed E-state index contributed by atoms with van der Waals surface area (Å²) in [5, 5.41) is 1.90. The van der Waals surface area contributed by atoms with Gasteiger partial charge >= 0.3 is 0 Å². The highest BCUT2D eigenvalue weighted by Gasteiger charge is 2.30. The van der Waals surface area contributed by atoms with Gasteiger partial charge in [-0.1, -0.05) is 42.5 Å². The Morgan fingerprint density at radius 3 is 2.43 bits per heavy atom. The number of sulfone groups is 1. The van der Waals surface area contributed by atoms with Crippen molar-refractivity contribution in [3.05, 3.63) is 95.3 Å². The van der Waals surface area contributed by atoms with E-state index in [2.05, 4.69) is 10.3 Å². The second-order valence-corrected chi connectivity index (χ2v) is 9.49. The molecule has 30 heavy (non-hydrogen) atoms. The number of hydrogen-bond acceptors (Lipinski definition) is 4. The van der Waals surface area contributed by atoms with Gasteiger partial charge < -0.3 is 5.32 Å². The lowest BCUT2D eigenvalue weighted by Crippen LogP contribution is -2.32. The van der Waals surface area contributed by atoms with Gasteiger partial charge in [-0.25, -0.2) is 8.42 Å². The van der Waals surface area contributed by atoms with Gasteiger partial charge in [0.1, 0.15) is 5.25 Å². The molecule has 0 aliphatic heterocycles. The number of carbonyl (C=O) groups excluding carboxylic acids is 1. The van der Waals surface area contributed by atoms with Crippen molar-refractivity contribution in [2.24, 2.45) is 0 Å². The van der Waals surface area contributed by atoms with Gasteiger partial charge in [-0.15, -0.1) is 0 Å². The molecule has 1 amide bonds. The highest BCUT2D eigenvalue weighted by Crippen LogP contribution is 2.29. The molecule has 6 heteroatoms. The zero-order chi connectivity index (χ0) is 21.6. The summed E-state index contributed by atoms with van der Waals surface area (Å²) in [4.78, 5) is 16.7. The Labute approximate surface area is 178 Å². The van der Waals surface area contributed by atoms with Crippen LogP contribution >= 0.6 is 0 Å². The summed E-state index contributed by atoms with van der Waals surface area (Å²) >= 11 is 0. The molecule has 0 aliphatic rings. The van der Waals surface area contributed by atoms with Gasteiger partial charge in [-0.3, -0.25) is 9.78 Å². The SMILES string of the molecule is Cc1ccc(S(=O)(=O)[C@@H](CNC(=O)CCc2ccccc2)c2cccnc2)cc1C. The largest absolute Gasteiger partial charge is 0.354 e. The third kappa shape index (κ3) is 5.33. The quantitative estimate of drug-likeness (QED) is 0.596. The summed E-state index contributed by atoms with van der Waals surface area (Å²) in [6.07, 6.45) is 4.04. The van der Waals surface area contributed by atoms with E-state index >= 15 is 0 Å². The van der Waals surface area contributed by atoms with Crippen LogP contribution in [0.2, 0.25) is 0 Å². The van der Waals surface area contributed by atoms with Crippen LogP contribution in [0, 0.1) is 13.8 Å². The molecule has 0 bridgehead atoms. The predicted octanol–water partition coefficient (Wildman–Crippen LogP) is 3.96. The molecule has 1 atom stereocenters. The lowest BCUT2D eigenvalue weighted by Gasteiger charge is -2.19. The molecule has 1 heterocycles. The summed E-state index contributed by atoms with van der Waals surface area (Å²) in [6.45, 7) is 3.82. The Morgan fingerprint density at radius 1 is 1.00 bits per heavy atom. The first-order chi connectivity index (χ1) is 14.4. The third-order valence-electron chi connectivity index (χ3n) is 5.21. The van der Waals surface area contributed by atoms with Crippen LogP contribution in [-0.4, -0.2) is 25.9 Å². The number of benzene rings is 2. The van der Waals surface area contributed by atoms with Crippen LogP contribution in [0.5, 0.6) is 0 Å². The normalized spacial score (nSPS) is 12.3. The van der Waals surface area contributed by atoms with Crippen LogP contribution in [0.25, 0.3) is 0 Å². The first kappa shape index (κ1) is 21.7. The second-order valence-electron chi connectivity index (χ2n) is 7.36. The number of aryl methyl sites for hydroxylation is 3. The average molecular weight is 423 g/mol. The summed E-state index contributed by atoms with van der Waals surface area (Å²) in [5.74, 6) is -0.178. The molecule has 156 valence electrons. The molecule has 5 nitrogen and oxygen atoms in total. The molecule has 0 radical (unpaired) electrons. The van der Waals surface area contributed by atoms with E-state index in [-0.39, 0.29) is 17.3 Å². The zero-order valence-electron chi connectivity index (χ0n) is 17.2. The minimum atomic E-state index is -3.71. The molecular formula is C24H26N2O3S. The number of pyridine rings is 1. The lowest BCUT2D eigenvalue weighted by molar-refractivity contribution is -0.121. The lowest BCUT2D eigenvalue weighted by atomic mass is 10.1. The van der Waals surface area contributed by atoms with E-state index in [1.807, 2.05) is 44.2 Å². The minimum absolute atomic E-state index is 0.00538. The van der Waals surface area contributed by atoms with Gasteiger partial charge in [0.2, 0.25) is 5.91 Å². The standard InChI is InChI=1S/C24H26N2O3S/c1-18-10-12-22(15-19(18)2)30(28,29)23(21-9-6-14-25-16-21)17-26-24(27)13-11-20-7-4-3-5-8-20/h3-10,12,14-16,23H,11,13,17H2,1-2H3,(H,26,27)/t23-/m0/s1. The fourth-order valence-electron chi connectivity index (χ4n) is 3.23. The molecular weight excluding hydrogens is 396 g/mol.